The molecule has 0 aromatic heterocycles. The van der Waals surface area contributed by atoms with Crippen molar-refractivity contribution in [3.8, 4) is 0 Å². The van der Waals surface area contributed by atoms with Crippen molar-refractivity contribution in [2.75, 3.05) is 44.7 Å². The fourth-order valence-electron chi connectivity index (χ4n) is 7.81. The van der Waals surface area contributed by atoms with Gasteiger partial charge in [0.1, 0.15) is 11.6 Å². The van der Waals surface area contributed by atoms with Crippen molar-refractivity contribution >= 4 is 23.4 Å². The molecule has 5 aliphatic rings. The molecule has 1 saturated carbocycles. The number of hydrogen-bond acceptors (Lipinski definition) is 6. The van der Waals surface area contributed by atoms with Crippen LogP contribution in [0.25, 0.3) is 0 Å². The van der Waals surface area contributed by atoms with E-state index in [2.05, 4.69) is 43.2 Å². The summed E-state index contributed by atoms with van der Waals surface area (Å²) >= 11 is 0. The monoisotopic (exact) mass is 578 g/mol. The Balaban J connectivity index is 1.25. The Morgan fingerprint density at radius 1 is 1.05 bits per heavy atom. The summed E-state index contributed by atoms with van der Waals surface area (Å²) in [6, 6.07) is 7.08. The molecule has 0 radical (unpaired) electrons. The molecule has 4 heterocycles. The van der Waals surface area contributed by atoms with Crippen molar-refractivity contribution in [3.63, 3.8) is 0 Å². The first-order chi connectivity index (χ1) is 20.2. The number of hydrogen-bond donors (Lipinski definition) is 2. The van der Waals surface area contributed by atoms with Gasteiger partial charge in [0, 0.05) is 37.9 Å². The van der Waals surface area contributed by atoms with E-state index >= 15 is 0 Å². The van der Waals surface area contributed by atoms with Gasteiger partial charge in [0.2, 0.25) is 17.7 Å². The SMILES string of the molecule is CC(C)c1ccc(NC(=O)[C@H]2[C@H]3C=C[C@@]4(O3)[C@H]2C(=O)N(CCN2CCOCC2)[C@@H]4C(=O)N[C@@H]2CCC[C@@H](C)[C@@H]2C)cc1. The summed E-state index contributed by atoms with van der Waals surface area (Å²) in [7, 11) is 0. The highest BCUT2D eigenvalue weighted by atomic mass is 16.5. The molecular formula is C33H46N4O5. The second-order valence-corrected chi connectivity index (χ2v) is 13.3. The van der Waals surface area contributed by atoms with Gasteiger partial charge in [-0.2, -0.15) is 0 Å². The van der Waals surface area contributed by atoms with Crippen LogP contribution in [0.2, 0.25) is 0 Å². The minimum Gasteiger partial charge on any atom is -0.379 e. The summed E-state index contributed by atoms with van der Waals surface area (Å²) in [5.74, 6) is -0.766. The Bertz CT molecular complexity index is 1210. The van der Waals surface area contributed by atoms with E-state index in [1.165, 1.54) is 5.56 Å². The lowest BCUT2D eigenvalue weighted by Gasteiger charge is -2.38. The summed E-state index contributed by atoms with van der Waals surface area (Å²) < 4.78 is 12.0. The van der Waals surface area contributed by atoms with Crippen LogP contribution in [-0.4, -0.2) is 90.7 Å². The van der Waals surface area contributed by atoms with E-state index in [4.69, 9.17) is 9.47 Å². The third-order valence-electron chi connectivity index (χ3n) is 10.6. The third kappa shape index (κ3) is 5.18. The Morgan fingerprint density at radius 2 is 1.79 bits per heavy atom. The molecule has 1 spiro atoms. The second-order valence-electron chi connectivity index (χ2n) is 13.3. The minimum absolute atomic E-state index is 0.0587. The van der Waals surface area contributed by atoms with Crippen LogP contribution < -0.4 is 10.6 Å². The maximum atomic E-state index is 14.3. The number of morpholine rings is 1. The second kappa shape index (κ2) is 11.7. The lowest BCUT2D eigenvalue weighted by Crippen LogP contribution is -2.58. The Kier molecular flexibility index (Phi) is 8.19. The molecule has 9 nitrogen and oxygen atoms in total. The summed E-state index contributed by atoms with van der Waals surface area (Å²) in [5, 5.41) is 6.37. The number of benzene rings is 1. The molecule has 1 aliphatic carbocycles. The van der Waals surface area contributed by atoms with Gasteiger partial charge in [-0.05, 0) is 41.9 Å². The van der Waals surface area contributed by atoms with Crippen LogP contribution in [0.4, 0.5) is 5.69 Å². The summed E-state index contributed by atoms with van der Waals surface area (Å²) in [6.45, 7) is 12.7. The Morgan fingerprint density at radius 3 is 2.50 bits per heavy atom. The van der Waals surface area contributed by atoms with Gasteiger partial charge in [-0.1, -0.05) is 64.8 Å². The summed E-state index contributed by atoms with van der Waals surface area (Å²) in [4.78, 5) is 46.2. The normalized spacial score (nSPS) is 36.0. The van der Waals surface area contributed by atoms with Crippen LogP contribution in [0.3, 0.4) is 0 Å². The number of amides is 3. The highest BCUT2D eigenvalue weighted by molar-refractivity contribution is 6.02. The smallest absolute Gasteiger partial charge is 0.246 e. The number of fused-ring (bicyclic) bond motifs is 1. The van der Waals surface area contributed by atoms with Crippen LogP contribution >= 0.6 is 0 Å². The van der Waals surface area contributed by atoms with Gasteiger partial charge in [0.05, 0.1) is 31.2 Å². The maximum Gasteiger partial charge on any atom is 0.246 e. The highest BCUT2D eigenvalue weighted by Gasteiger charge is 2.72. The van der Waals surface area contributed by atoms with Crippen molar-refractivity contribution in [2.45, 2.75) is 76.7 Å². The van der Waals surface area contributed by atoms with Crippen molar-refractivity contribution in [1.29, 1.82) is 0 Å². The predicted molar refractivity (Wildman–Crippen MR) is 160 cm³/mol. The number of carbonyl (C=O) groups excluding carboxylic acids is 3. The van der Waals surface area contributed by atoms with E-state index in [0.717, 1.165) is 32.4 Å². The van der Waals surface area contributed by atoms with Crippen molar-refractivity contribution < 1.29 is 23.9 Å². The molecule has 2 bridgehead atoms. The summed E-state index contributed by atoms with van der Waals surface area (Å²) in [5.41, 5.74) is 0.731. The van der Waals surface area contributed by atoms with Gasteiger partial charge in [-0.15, -0.1) is 0 Å². The lowest BCUT2D eigenvalue weighted by atomic mass is 9.73. The molecule has 0 unspecified atom stereocenters. The lowest BCUT2D eigenvalue weighted by molar-refractivity contribution is -0.142. The van der Waals surface area contributed by atoms with Crippen LogP contribution in [-0.2, 0) is 23.9 Å². The molecule has 4 fully saturated rings. The predicted octanol–water partition coefficient (Wildman–Crippen LogP) is 3.17. The van der Waals surface area contributed by atoms with Crippen LogP contribution in [0.5, 0.6) is 0 Å². The molecule has 3 saturated heterocycles. The highest BCUT2D eigenvalue weighted by Crippen LogP contribution is 2.55. The van der Waals surface area contributed by atoms with Crippen LogP contribution in [0.15, 0.2) is 36.4 Å². The van der Waals surface area contributed by atoms with Gasteiger partial charge in [-0.25, -0.2) is 0 Å². The fourth-order valence-corrected chi connectivity index (χ4v) is 7.81. The molecule has 6 rings (SSSR count). The number of carbonyl (C=O) groups is 3. The third-order valence-corrected chi connectivity index (χ3v) is 10.6. The first kappa shape index (κ1) is 29.3. The van der Waals surface area contributed by atoms with Gasteiger partial charge in [0.15, 0.2) is 0 Å². The van der Waals surface area contributed by atoms with Gasteiger partial charge in [-0.3, -0.25) is 19.3 Å². The molecule has 8 atom stereocenters. The molecule has 3 amide bonds. The Hall–Kier alpha value is -2.75. The Labute approximate surface area is 249 Å². The number of ether oxygens (including phenoxy) is 2. The first-order valence-electron chi connectivity index (χ1n) is 15.9. The van der Waals surface area contributed by atoms with Crippen LogP contribution in [0, 0.1) is 23.7 Å². The zero-order valence-electron chi connectivity index (χ0n) is 25.4. The number of nitrogens with zero attached hydrogens (tertiary/aromatic N) is 2. The number of rotatable bonds is 8. The number of anilines is 1. The van der Waals surface area contributed by atoms with Crippen molar-refractivity contribution in [3.05, 3.63) is 42.0 Å². The largest absolute Gasteiger partial charge is 0.379 e. The number of likely N-dealkylation sites (tertiary alicyclic amines) is 1. The fraction of sp³-hybridized carbons (Fsp3) is 0.667. The van der Waals surface area contributed by atoms with E-state index in [9.17, 15) is 14.4 Å². The van der Waals surface area contributed by atoms with Crippen molar-refractivity contribution in [1.82, 2.24) is 15.1 Å². The van der Waals surface area contributed by atoms with E-state index in [1.54, 1.807) is 4.90 Å². The van der Waals surface area contributed by atoms with Gasteiger partial charge in [0.25, 0.3) is 0 Å². The van der Waals surface area contributed by atoms with E-state index in [1.807, 2.05) is 36.4 Å². The zero-order chi connectivity index (χ0) is 29.6. The first-order valence-corrected chi connectivity index (χ1v) is 15.9. The molecule has 2 N–H and O–H groups in total. The van der Waals surface area contributed by atoms with Crippen LogP contribution in [0.1, 0.15) is 58.4 Å². The quantitative estimate of drug-likeness (QED) is 0.460. The molecule has 1 aromatic rings. The molecule has 1 aromatic carbocycles. The summed E-state index contributed by atoms with van der Waals surface area (Å²) in [6.07, 6.45) is 6.41. The minimum atomic E-state index is -1.15. The van der Waals surface area contributed by atoms with E-state index in [-0.39, 0.29) is 23.8 Å². The molecule has 228 valence electrons. The van der Waals surface area contributed by atoms with Gasteiger partial charge < -0.3 is 25.0 Å². The average molecular weight is 579 g/mol. The average Bonchev–Trinajstić information content (AvgIpc) is 3.62. The van der Waals surface area contributed by atoms with Crippen molar-refractivity contribution in [2.24, 2.45) is 23.7 Å². The maximum absolute atomic E-state index is 14.3. The number of nitrogens with one attached hydrogen (secondary N) is 2. The van der Waals surface area contributed by atoms with Gasteiger partial charge >= 0.3 is 0 Å². The zero-order valence-corrected chi connectivity index (χ0v) is 25.4. The molecule has 4 aliphatic heterocycles. The molecule has 42 heavy (non-hydrogen) atoms. The van der Waals surface area contributed by atoms with E-state index < -0.39 is 29.6 Å². The standard InChI is InChI=1S/C33H46N4O5/c1-20(2)23-8-10-24(11-9-23)34-30(38)27-26-12-13-33(42-26)28(27)32(40)37(15-14-36-16-18-41-19-17-36)29(33)31(39)35-25-7-5-6-21(3)22(25)4/h8-13,20-22,25-29H,5-7,14-19H2,1-4H3,(H,34,38)(H,35,39)/t21-,22+,25-,26-,27+,28-,29-,33-/m1/s1. The van der Waals surface area contributed by atoms with E-state index in [0.29, 0.717) is 49.7 Å². The topological polar surface area (TPSA) is 100 Å². The molecule has 9 heteroatoms. The molecular weight excluding hydrogens is 532 g/mol.